The fourth-order valence-electron chi connectivity index (χ4n) is 7.10. The van der Waals surface area contributed by atoms with Crippen LogP contribution in [-0.2, 0) is 45.1 Å². The Hall–Kier alpha value is -5.24. The topological polar surface area (TPSA) is 115 Å². The van der Waals surface area contributed by atoms with Gasteiger partial charge in [-0.1, -0.05) is 123 Å². The highest BCUT2D eigenvalue weighted by molar-refractivity contribution is 5.99. The molecule has 8 heteroatoms. The molecule has 0 saturated heterocycles. The predicted octanol–water partition coefficient (Wildman–Crippen LogP) is 6.69. The second-order valence-electron chi connectivity index (χ2n) is 13.3. The van der Waals surface area contributed by atoms with Crippen LogP contribution in [0.2, 0.25) is 0 Å². The first kappa shape index (κ1) is 36.1. The largest absolute Gasteiger partial charge is 0.481 e. The summed E-state index contributed by atoms with van der Waals surface area (Å²) < 4.78 is 0. The zero-order chi connectivity index (χ0) is 35.6. The highest BCUT2D eigenvalue weighted by Crippen LogP contribution is 2.49. The number of carboxylic acid groups (broad SMARTS) is 2. The molecule has 1 aliphatic rings. The number of hydrogen-bond donors (Lipinski definition) is 2. The first-order valence-corrected chi connectivity index (χ1v) is 17.5. The van der Waals surface area contributed by atoms with Crippen molar-refractivity contribution in [2.75, 3.05) is 13.1 Å². The Labute approximate surface area is 294 Å². The van der Waals surface area contributed by atoms with Gasteiger partial charge < -0.3 is 20.0 Å². The van der Waals surface area contributed by atoms with E-state index in [0.29, 0.717) is 25.9 Å². The van der Waals surface area contributed by atoms with Crippen LogP contribution in [0.4, 0.5) is 0 Å². The molecule has 1 fully saturated rings. The molecule has 1 saturated carbocycles. The van der Waals surface area contributed by atoms with Gasteiger partial charge in [-0.05, 0) is 59.1 Å². The van der Waals surface area contributed by atoms with Crippen LogP contribution < -0.4 is 0 Å². The lowest BCUT2D eigenvalue weighted by Crippen LogP contribution is -2.64. The number of carboxylic acids is 2. The van der Waals surface area contributed by atoms with Crippen molar-refractivity contribution in [2.45, 2.75) is 52.6 Å². The molecule has 0 unspecified atom stereocenters. The van der Waals surface area contributed by atoms with E-state index in [2.05, 4.69) is 24.3 Å². The lowest BCUT2D eigenvalue weighted by molar-refractivity contribution is -0.187. The predicted molar refractivity (Wildman–Crippen MR) is 192 cm³/mol. The fourth-order valence-corrected chi connectivity index (χ4v) is 7.10. The van der Waals surface area contributed by atoms with E-state index in [1.807, 2.05) is 98.8 Å². The highest BCUT2D eigenvalue weighted by Gasteiger charge is 2.64. The molecular formula is C42H46N2O6. The van der Waals surface area contributed by atoms with Crippen molar-refractivity contribution in [1.82, 2.24) is 9.80 Å². The maximum atomic E-state index is 14.3. The summed E-state index contributed by atoms with van der Waals surface area (Å²) in [4.78, 5) is 56.7. The number of rotatable bonds is 16. The van der Waals surface area contributed by atoms with Crippen molar-refractivity contribution in [3.63, 3.8) is 0 Å². The summed E-state index contributed by atoms with van der Waals surface area (Å²) in [7, 11) is 0. The number of hydrogen-bond acceptors (Lipinski definition) is 4. The van der Waals surface area contributed by atoms with Gasteiger partial charge in [0.25, 0.3) is 0 Å². The highest BCUT2D eigenvalue weighted by atomic mass is 16.4. The molecule has 8 nitrogen and oxygen atoms in total. The standard InChI is InChI=1S/C42H46N2O6/c1-3-23-43(27-33-19-15-31(16-20-33)25-29-11-7-5-8-12-29)39(45)35-36(38(42(49)50)37(35)41(47)48)40(46)44(24-4-2)28-34-21-17-32(18-22-34)26-30-13-9-6-10-14-30/h5-22,35-38H,3-4,23-28H2,1-2H3,(H,47,48)(H,49,50)/t35-,36-,37-,38-/m1/s1. The summed E-state index contributed by atoms with van der Waals surface area (Å²) in [6.45, 7) is 5.01. The molecule has 0 spiro atoms. The third kappa shape index (κ3) is 8.67. The van der Waals surface area contributed by atoms with E-state index in [1.165, 1.54) is 11.1 Å². The summed E-state index contributed by atoms with van der Waals surface area (Å²) >= 11 is 0. The maximum absolute atomic E-state index is 14.3. The Kier molecular flexibility index (Phi) is 12.2. The van der Waals surface area contributed by atoms with Crippen molar-refractivity contribution in [2.24, 2.45) is 23.7 Å². The molecule has 5 rings (SSSR count). The van der Waals surface area contributed by atoms with Crippen molar-refractivity contribution in [1.29, 1.82) is 0 Å². The lowest BCUT2D eigenvalue weighted by Gasteiger charge is -2.48. The van der Waals surface area contributed by atoms with Crippen LogP contribution in [0.15, 0.2) is 109 Å². The van der Waals surface area contributed by atoms with Gasteiger partial charge >= 0.3 is 11.9 Å². The summed E-state index contributed by atoms with van der Waals surface area (Å²) in [5.74, 6) is -9.30. The normalized spacial score (nSPS) is 18.1. The minimum absolute atomic E-state index is 0.230. The molecule has 0 radical (unpaired) electrons. The Bertz CT molecular complexity index is 1610. The van der Waals surface area contributed by atoms with Crippen LogP contribution >= 0.6 is 0 Å². The van der Waals surface area contributed by atoms with Gasteiger partial charge in [-0.2, -0.15) is 0 Å². The summed E-state index contributed by atoms with van der Waals surface area (Å²) in [6.07, 6.45) is 2.78. The molecule has 0 heterocycles. The van der Waals surface area contributed by atoms with E-state index >= 15 is 0 Å². The monoisotopic (exact) mass is 674 g/mol. The fraction of sp³-hybridized carbons (Fsp3) is 0.333. The smallest absolute Gasteiger partial charge is 0.308 e. The third-order valence-corrected chi connectivity index (χ3v) is 9.59. The van der Waals surface area contributed by atoms with Crippen molar-refractivity contribution in [3.05, 3.63) is 143 Å². The molecule has 260 valence electrons. The van der Waals surface area contributed by atoms with E-state index < -0.39 is 47.4 Å². The van der Waals surface area contributed by atoms with Crippen molar-refractivity contribution >= 4 is 23.8 Å². The molecule has 0 aliphatic heterocycles. The van der Waals surface area contributed by atoms with Gasteiger partial charge in [-0.25, -0.2) is 0 Å². The molecule has 0 aromatic heterocycles. The number of nitrogens with zero attached hydrogens (tertiary/aromatic N) is 2. The number of aliphatic carboxylic acids is 2. The van der Waals surface area contributed by atoms with Crippen LogP contribution in [0.1, 0.15) is 60.1 Å². The average Bonchev–Trinajstić information content (AvgIpc) is 3.09. The van der Waals surface area contributed by atoms with E-state index in [0.717, 1.165) is 35.1 Å². The molecule has 0 bridgehead atoms. The molecular weight excluding hydrogens is 628 g/mol. The average molecular weight is 675 g/mol. The lowest BCUT2D eigenvalue weighted by atomic mass is 9.55. The van der Waals surface area contributed by atoms with Gasteiger partial charge in [0.15, 0.2) is 0 Å². The number of amides is 2. The van der Waals surface area contributed by atoms with Gasteiger partial charge in [0.1, 0.15) is 0 Å². The van der Waals surface area contributed by atoms with Gasteiger partial charge in [0, 0.05) is 26.2 Å². The van der Waals surface area contributed by atoms with E-state index in [1.54, 1.807) is 9.80 Å². The Morgan fingerprint density at radius 2 is 0.760 bits per heavy atom. The first-order chi connectivity index (χ1) is 24.2. The number of carbonyl (C=O) groups excluding carboxylic acids is 2. The first-order valence-electron chi connectivity index (χ1n) is 17.5. The van der Waals surface area contributed by atoms with E-state index in [9.17, 15) is 29.4 Å². The molecule has 1 aliphatic carbocycles. The van der Waals surface area contributed by atoms with Gasteiger partial charge in [-0.15, -0.1) is 0 Å². The van der Waals surface area contributed by atoms with Gasteiger partial charge in [0.05, 0.1) is 23.7 Å². The summed E-state index contributed by atoms with van der Waals surface area (Å²) in [5, 5.41) is 20.3. The van der Waals surface area contributed by atoms with Crippen LogP contribution in [0.3, 0.4) is 0 Å². The quantitative estimate of drug-likeness (QED) is 0.137. The Balaban J connectivity index is 1.35. The second-order valence-corrected chi connectivity index (χ2v) is 13.3. The van der Waals surface area contributed by atoms with Gasteiger partial charge in [-0.3, -0.25) is 19.2 Å². The number of carbonyl (C=O) groups is 4. The summed E-state index contributed by atoms with van der Waals surface area (Å²) in [5.41, 5.74) is 6.36. The van der Waals surface area contributed by atoms with Crippen LogP contribution in [-0.4, -0.2) is 56.9 Å². The van der Waals surface area contributed by atoms with Crippen LogP contribution in [0.5, 0.6) is 0 Å². The zero-order valence-electron chi connectivity index (χ0n) is 28.8. The molecule has 2 amide bonds. The maximum Gasteiger partial charge on any atom is 0.308 e. The minimum Gasteiger partial charge on any atom is -0.481 e. The van der Waals surface area contributed by atoms with E-state index in [4.69, 9.17) is 0 Å². The second kappa shape index (κ2) is 16.9. The van der Waals surface area contributed by atoms with Crippen LogP contribution in [0, 0.1) is 23.7 Å². The molecule has 4 atom stereocenters. The van der Waals surface area contributed by atoms with Crippen molar-refractivity contribution in [3.8, 4) is 0 Å². The molecule has 50 heavy (non-hydrogen) atoms. The minimum atomic E-state index is -1.50. The Morgan fingerprint density at radius 3 is 1.06 bits per heavy atom. The zero-order valence-corrected chi connectivity index (χ0v) is 28.8. The van der Waals surface area contributed by atoms with Crippen molar-refractivity contribution < 1.29 is 29.4 Å². The number of benzene rings is 4. The summed E-state index contributed by atoms with van der Waals surface area (Å²) in [6, 6.07) is 36.1. The SMILES string of the molecule is CCCN(Cc1ccc(Cc2ccccc2)cc1)C(=O)[C@H]1[C@@H](C(=O)O)[C@H](C(=O)O)[C@@H]1C(=O)N(CCC)Cc1ccc(Cc2ccccc2)cc1. The molecule has 4 aromatic rings. The van der Waals surface area contributed by atoms with Crippen LogP contribution in [0.25, 0.3) is 0 Å². The molecule has 2 N–H and O–H groups in total. The third-order valence-electron chi connectivity index (χ3n) is 9.59. The van der Waals surface area contributed by atoms with E-state index in [-0.39, 0.29) is 13.1 Å². The van der Waals surface area contributed by atoms with Gasteiger partial charge in [0.2, 0.25) is 11.8 Å². The Morgan fingerprint density at radius 1 is 0.460 bits per heavy atom. The molecule has 4 aromatic carbocycles.